The van der Waals surface area contributed by atoms with Gasteiger partial charge >= 0.3 is 0 Å². The van der Waals surface area contributed by atoms with Gasteiger partial charge < -0.3 is 15.0 Å². The molecular weight excluding hydrogens is 266 g/mol. The Morgan fingerprint density at radius 3 is 2.86 bits per heavy atom. The lowest BCUT2D eigenvalue weighted by Crippen LogP contribution is -2.42. The third kappa shape index (κ3) is 3.73. The summed E-state index contributed by atoms with van der Waals surface area (Å²) in [6.45, 7) is 5.22. The summed E-state index contributed by atoms with van der Waals surface area (Å²) < 4.78 is 5.16. The number of nitrogens with zero attached hydrogens (tertiary/aromatic N) is 2. The van der Waals surface area contributed by atoms with E-state index in [-0.39, 0.29) is 11.9 Å². The predicted molar refractivity (Wildman–Crippen MR) is 83.6 cm³/mol. The summed E-state index contributed by atoms with van der Waals surface area (Å²) in [5.74, 6) is 0.658. The van der Waals surface area contributed by atoms with Gasteiger partial charge in [-0.1, -0.05) is 0 Å². The van der Waals surface area contributed by atoms with Gasteiger partial charge in [-0.15, -0.1) is 0 Å². The van der Waals surface area contributed by atoms with Crippen LogP contribution in [-0.2, 0) is 4.74 Å². The minimum absolute atomic E-state index is 0.0308. The zero-order valence-corrected chi connectivity index (χ0v) is 13.3. The van der Waals surface area contributed by atoms with Crippen molar-refractivity contribution in [3.05, 3.63) is 23.5 Å². The molecule has 116 valence electrons. The van der Waals surface area contributed by atoms with Crippen LogP contribution in [-0.4, -0.2) is 49.1 Å². The van der Waals surface area contributed by atoms with Crippen molar-refractivity contribution >= 4 is 11.6 Å². The molecular formula is C16H25N3O2. The van der Waals surface area contributed by atoms with Crippen molar-refractivity contribution < 1.29 is 9.53 Å². The van der Waals surface area contributed by atoms with Crippen molar-refractivity contribution in [1.82, 2.24) is 9.88 Å². The van der Waals surface area contributed by atoms with Crippen LogP contribution in [0.2, 0.25) is 0 Å². The summed E-state index contributed by atoms with van der Waals surface area (Å²) >= 11 is 0. The van der Waals surface area contributed by atoms with E-state index in [1.165, 1.54) is 12.8 Å². The molecule has 0 aromatic carbocycles. The van der Waals surface area contributed by atoms with Gasteiger partial charge in [-0.25, -0.2) is 0 Å². The van der Waals surface area contributed by atoms with E-state index in [1.54, 1.807) is 13.3 Å². The van der Waals surface area contributed by atoms with E-state index in [9.17, 15) is 4.79 Å². The summed E-state index contributed by atoms with van der Waals surface area (Å²) in [7, 11) is 3.49. The van der Waals surface area contributed by atoms with Gasteiger partial charge in [0, 0.05) is 38.6 Å². The number of carbonyl (C=O) groups is 1. The molecule has 1 saturated carbocycles. The standard InChI is InChI=1S/C16H25N3O2/c1-11-9-15(17-3)14(10-18-11)16(20)19(7-8-21-4)12(2)13-5-6-13/h9-10,12-13H,5-8H2,1-4H3,(H,17,18). The molecule has 1 aliphatic rings. The van der Waals surface area contributed by atoms with Crippen LogP contribution in [0.1, 0.15) is 35.8 Å². The molecule has 0 bridgehead atoms. The Balaban J connectivity index is 2.24. The molecule has 2 rings (SSSR count). The van der Waals surface area contributed by atoms with Crippen molar-refractivity contribution in [1.29, 1.82) is 0 Å². The highest BCUT2D eigenvalue weighted by Crippen LogP contribution is 2.35. The Kier molecular flexibility index (Phi) is 5.17. The van der Waals surface area contributed by atoms with Gasteiger partial charge in [-0.2, -0.15) is 0 Å². The fourth-order valence-electron chi connectivity index (χ4n) is 2.60. The molecule has 0 radical (unpaired) electrons. The van der Waals surface area contributed by atoms with E-state index in [4.69, 9.17) is 4.74 Å². The van der Waals surface area contributed by atoms with Crippen LogP contribution in [0.25, 0.3) is 0 Å². The van der Waals surface area contributed by atoms with Crippen LogP contribution in [0, 0.1) is 12.8 Å². The molecule has 0 aliphatic heterocycles. The van der Waals surface area contributed by atoms with Crippen LogP contribution in [0.3, 0.4) is 0 Å². The van der Waals surface area contributed by atoms with Crippen LogP contribution >= 0.6 is 0 Å². The number of hydrogen-bond acceptors (Lipinski definition) is 4. The molecule has 1 aliphatic carbocycles. The molecule has 1 atom stereocenters. The van der Waals surface area contributed by atoms with Crippen LogP contribution in [0.15, 0.2) is 12.3 Å². The number of amides is 1. The fourth-order valence-corrected chi connectivity index (χ4v) is 2.60. The largest absolute Gasteiger partial charge is 0.387 e. The minimum atomic E-state index is 0.0308. The number of aryl methyl sites for hydroxylation is 1. The molecule has 1 aromatic rings. The number of nitrogens with one attached hydrogen (secondary N) is 1. The Bertz CT molecular complexity index is 500. The number of rotatable bonds is 7. The van der Waals surface area contributed by atoms with E-state index in [2.05, 4.69) is 17.2 Å². The maximum atomic E-state index is 12.9. The normalized spacial score (nSPS) is 15.6. The lowest BCUT2D eigenvalue weighted by molar-refractivity contribution is 0.0595. The molecule has 0 saturated heterocycles. The number of aromatic nitrogens is 1. The van der Waals surface area contributed by atoms with Crippen LogP contribution < -0.4 is 5.32 Å². The SMILES string of the molecule is CNc1cc(C)ncc1C(=O)N(CCOC)C(C)C1CC1. The molecule has 1 heterocycles. The maximum absolute atomic E-state index is 12.9. The van der Waals surface area contributed by atoms with Gasteiger partial charge in [0.15, 0.2) is 0 Å². The van der Waals surface area contributed by atoms with E-state index >= 15 is 0 Å². The van der Waals surface area contributed by atoms with Gasteiger partial charge in [0.1, 0.15) is 0 Å². The number of anilines is 1. The maximum Gasteiger partial charge on any atom is 0.257 e. The molecule has 1 aromatic heterocycles. The number of pyridine rings is 1. The second kappa shape index (κ2) is 6.89. The predicted octanol–water partition coefficient (Wildman–Crippen LogP) is 2.32. The molecule has 21 heavy (non-hydrogen) atoms. The van der Waals surface area contributed by atoms with Crippen molar-refractivity contribution in [2.45, 2.75) is 32.7 Å². The Labute approximate surface area is 126 Å². The summed E-state index contributed by atoms with van der Waals surface area (Å²) in [4.78, 5) is 19.1. The Morgan fingerprint density at radius 1 is 1.57 bits per heavy atom. The van der Waals surface area contributed by atoms with E-state index in [0.29, 0.717) is 24.6 Å². The first-order chi connectivity index (χ1) is 10.1. The molecule has 1 N–H and O–H groups in total. The number of hydrogen-bond donors (Lipinski definition) is 1. The number of ether oxygens (including phenoxy) is 1. The lowest BCUT2D eigenvalue weighted by atomic mass is 10.1. The van der Waals surface area contributed by atoms with Crippen molar-refractivity contribution in [2.75, 3.05) is 32.6 Å². The number of carbonyl (C=O) groups excluding carboxylic acids is 1. The second-order valence-corrected chi connectivity index (χ2v) is 5.69. The number of methoxy groups -OCH3 is 1. The van der Waals surface area contributed by atoms with Crippen LogP contribution in [0.4, 0.5) is 5.69 Å². The zero-order valence-electron chi connectivity index (χ0n) is 13.3. The van der Waals surface area contributed by atoms with Gasteiger partial charge in [0.25, 0.3) is 5.91 Å². The van der Waals surface area contributed by atoms with E-state index in [0.717, 1.165) is 11.4 Å². The highest BCUT2D eigenvalue weighted by Gasteiger charge is 2.35. The van der Waals surface area contributed by atoms with Crippen molar-refractivity contribution in [3.8, 4) is 0 Å². The topological polar surface area (TPSA) is 54.5 Å². The molecule has 0 spiro atoms. The molecule has 5 nitrogen and oxygen atoms in total. The van der Waals surface area contributed by atoms with Crippen molar-refractivity contribution in [3.63, 3.8) is 0 Å². The quantitative estimate of drug-likeness (QED) is 0.837. The lowest BCUT2D eigenvalue weighted by Gasteiger charge is -2.30. The van der Waals surface area contributed by atoms with Gasteiger partial charge in [0.05, 0.1) is 17.9 Å². The highest BCUT2D eigenvalue weighted by atomic mass is 16.5. The first-order valence-electron chi connectivity index (χ1n) is 7.52. The first-order valence-corrected chi connectivity index (χ1v) is 7.52. The van der Waals surface area contributed by atoms with Gasteiger partial charge in [-0.05, 0) is 38.7 Å². The Morgan fingerprint density at radius 2 is 2.29 bits per heavy atom. The minimum Gasteiger partial charge on any atom is -0.387 e. The van der Waals surface area contributed by atoms with E-state index < -0.39 is 0 Å². The smallest absolute Gasteiger partial charge is 0.257 e. The first kappa shape index (κ1) is 15.8. The Hall–Kier alpha value is -1.62. The molecule has 1 unspecified atom stereocenters. The molecule has 1 fully saturated rings. The summed E-state index contributed by atoms with van der Waals surface area (Å²) in [6, 6.07) is 2.16. The third-order valence-electron chi connectivity index (χ3n) is 4.13. The van der Waals surface area contributed by atoms with Crippen molar-refractivity contribution in [2.24, 2.45) is 5.92 Å². The highest BCUT2D eigenvalue weighted by molar-refractivity contribution is 5.99. The summed E-state index contributed by atoms with van der Waals surface area (Å²) in [5, 5.41) is 3.09. The average molecular weight is 291 g/mol. The van der Waals surface area contributed by atoms with Gasteiger partial charge in [-0.3, -0.25) is 9.78 Å². The second-order valence-electron chi connectivity index (χ2n) is 5.69. The monoisotopic (exact) mass is 291 g/mol. The van der Waals surface area contributed by atoms with Gasteiger partial charge in [0.2, 0.25) is 0 Å². The van der Waals surface area contributed by atoms with Crippen LogP contribution in [0.5, 0.6) is 0 Å². The van der Waals surface area contributed by atoms with E-state index in [1.807, 2.05) is 24.9 Å². The third-order valence-corrected chi connectivity index (χ3v) is 4.13. The summed E-state index contributed by atoms with van der Waals surface area (Å²) in [6.07, 6.45) is 4.09. The fraction of sp³-hybridized carbons (Fsp3) is 0.625. The average Bonchev–Trinajstić information content (AvgIpc) is 3.31. The zero-order chi connectivity index (χ0) is 15.4. The molecule has 1 amide bonds. The summed E-state index contributed by atoms with van der Waals surface area (Å²) in [5.41, 5.74) is 2.36. The molecule has 5 heteroatoms.